The molecule has 0 unspecified atom stereocenters. The Kier molecular flexibility index (Phi) is 6.63. The van der Waals surface area contributed by atoms with Gasteiger partial charge >= 0.3 is 0 Å². The summed E-state index contributed by atoms with van der Waals surface area (Å²) >= 11 is 0. The number of benzene rings is 5. The molecule has 210 valence electrons. The molecular formula is C41H36N2. The van der Waals surface area contributed by atoms with Gasteiger partial charge in [0, 0.05) is 44.8 Å². The van der Waals surface area contributed by atoms with Gasteiger partial charge in [-0.2, -0.15) is 0 Å². The Labute approximate surface area is 254 Å². The Morgan fingerprint density at radius 3 is 2.19 bits per heavy atom. The number of rotatable bonds is 4. The molecule has 0 atom stereocenters. The highest BCUT2D eigenvalue weighted by Crippen LogP contribution is 2.40. The second kappa shape index (κ2) is 10.6. The van der Waals surface area contributed by atoms with Crippen LogP contribution in [-0.4, -0.2) is 4.57 Å². The van der Waals surface area contributed by atoms with E-state index in [4.69, 9.17) is 0 Å². The minimum atomic E-state index is -0.0266. The van der Waals surface area contributed by atoms with E-state index in [9.17, 15) is 0 Å². The lowest BCUT2D eigenvalue weighted by atomic mass is 9.96. The molecule has 1 aromatic heterocycles. The molecule has 0 spiro atoms. The maximum absolute atomic E-state index is 4.41. The molecule has 0 N–H and O–H groups in total. The highest BCUT2D eigenvalue weighted by Gasteiger charge is 2.21. The first-order chi connectivity index (χ1) is 20.9. The summed E-state index contributed by atoms with van der Waals surface area (Å²) in [5.41, 5.74) is 11.9. The Morgan fingerprint density at radius 2 is 1.35 bits per heavy atom. The number of hydrogen-bond acceptors (Lipinski definition) is 1. The monoisotopic (exact) mass is 556 g/mol. The summed E-state index contributed by atoms with van der Waals surface area (Å²) in [4.78, 5) is 2.30. The minimum absolute atomic E-state index is 0.0266. The smallest absolute Gasteiger partial charge is 0.0539 e. The van der Waals surface area contributed by atoms with Crippen LogP contribution in [0.3, 0.4) is 0 Å². The fourth-order valence-electron chi connectivity index (χ4n) is 6.41. The SMILES string of the molecule is C=C1/C=C\C=C/N(c2cccc(Cc3ccccc3)c2)c2cc(-c3ccc4c(c3)c3ccccc3n4C(C)(C)C)ccc21. The molecule has 1 aliphatic rings. The van der Waals surface area contributed by atoms with Crippen molar-refractivity contribution in [2.24, 2.45) is 0 Å². The van der Waals surface area contributed by atoms with E-state index in [-0.39, 0.29) is 5.54 Å². The Morgan fingerprint density at radius 1 is 0.628 bits per heavy atom. The summed E-state index contributed by atoms with van der Waals surface area (Å²) < 4.78 is 2.47. The van der Waals surface area contributed by atoms with E-state index in [1.807, 2.05) is 0 Å². The molecule has 0 saturated carbocycles. The predicted octanol–water partition coefficient (Wildman–Crippen LogP) is 11.0. The van der Waals surface area contributed by atoms with E-state index in [0.29, 0.717) is 0 Å². The highest BCUT2D eigenvalue weighted by molar-refractivity contribution is 6.09. The maximum atomic E-state index is 4.41. The second-order valence-electron chi connectivity index (χ2n) is 12.4. The summed E-state index contributed by atoms with van der Waals surface area (Å²) in [7, 11) is 0. The zero-order valence-corrected chi connectivity index (χ0v) is 25.1. The fraction of sp³-hybridized carbons (Fsp3) is 0.122. The molecule has 0 fully saturated rings. The first-order valence-corrected chi connectivity index (χ1v) is 15.0. The summed E-state index contributed by atoms with van der Waals surface area (Å²) in [5, 5.41) is 2.58. The third-order valence-corrected chi connectivity index (χ3v) is 8.36. The van der Waals surface area contributed by atoms with Crippen molar-refractivity contribution in [2.45, 2.75) is 32.7 Å². The maximum Gasteiger partial charge on any atom is 0.0539 e. The molecule has 2 nitrogen and oxygen atoms in total. The molecular weight excluding hydrogens is 520 g/mol. The minimum Gasteiger partial charge on any atom is -0.335 e. The van der Waals surface area contributed by atoms with E-state index in [2.05, 4.69) is 177 Å². The predicted molar refractivity (Wildman–Crippen MR) is 185 cm³/mol. The van der Waals surface area contributed by atoms with Crippen molar-refractivity contribution in [3.8, 4) is 11.1 Å². The van der Waals surface area contributed by atoms with Gasteiger partial charge < -0.3 is 9.47 Å². The van der Waals surface area contributed by atoms with Gasteiger partial charge in [-0.15, -0.1) is 0 Å². The molecule has 7 rings (SSSR count). The van der Waals surface area contributed by atoms with Gasteiger partial charge in [0.05, 0.1) is 5.69 Å². The van der Waals surface area contributed by atoms with Crippen LogP contribution in [0.5, 0.6) is 0 Å². The lowest BCUT2D eigenvalue weighted by Gasteiger charge is -2.26. The molecule has 5 aromatic carbocycles. The van der Waals surface area contributed by atoms with Crippen molar-refractivity contribution < 1.29 is 0 Å². The Hall–Kier alpha value is -5.08. The van der Waals surface area contributed by atoms with Crippen LogP contribution in [0.1, 0.15) is 37.5 Å². The van der Waals surface area contributed by atoms with E-state index in [1.54, 1.807) is 0 Å². The summed E-state index contributed by atoms with van der Waals surface area (Å²) in [5.74, 6) is 0. The first kappa shape index (κ1) is 26.8. The van der Waals surface area contributed by atoms with Gasteiger partial charge in [-0.1, -0.05) is 97.6 Å². The van der Waals surface area contributed by atoms with Crippen LogP contribution in [0.4, 0.5) is 11.4 Å². The summed E-state index contributed by atoms with van der Waals surface area (Å²) in [6, 6.07) is 42.0. The molecule has 0 aliphatic carbocycles. The molecule has 1 aliphatic heterocycles. The largest absolute Gasteiger partial charge is 0.335 e. The number of allylic oxidation sites excluding steroid dienone is 4. The third kappa shape index (κ3) is 5.00. The zero-order chi connectivity index (χ0) is 29.6. The highest BCUT2D eigenvalue weighted by atomic mass is 15.1. The summed E-state index contributed by atoms with van der Waals surface area (Å²) in [6.45, 7) is 11.2. The van der Waals surface area contributed by atoms with Crippen molar-refractivity contribution >= 4 is 38.8 Å². The molecule has 0 radical (unpaired) electrons. The number of anilines is 2. The van der Waals surface area contributed by atoms with Crippen LogP contribution in [0.25, 0.3) is 38.5 Å². The van der Waals surface area contributed by atoms with E-state index < -0.39 is 0 Å². The van der Waals surface area contributed by atoms with Crippen molar-refractivity contribution in [3.05, 3.63) is 163 Å². The third-order valence-electron chi connectivity index (χ3n) is 8.36. The quantitative estimate of drug-likeness (QED) is 0.210. The van der Waals surface area contributed by atoms with Gasteiger partial charge in [-0.25, -0.2) is 0 Å². The number of fused-ring (bicyclic) bond motifs is 4. The Bertz CT molecular complexity index is 2050. The number of hydrogen-bond donors (Lipinski definition) is 0. The van der Waals surface area contributed by atoms with Crippen LogP contribution < -0.4 is 4.90 Å². The van der Waals surface area contributed by atoms with E-state index >= 15 is 0 Å². The second-order valence-corrected chi connectivity index (χ2v) is 12.4. The Balaban J connectivity index is 1.35. The van der Waals surface area contributed by atoms with Gasteiger partial charge in [0.25, 0.3) is 0 Å². The lowest BCUT2D eigenvalue weighted by molar-refractivity contribution is 0.423. The number of nitrogens with zero attached hydrogens (tertiary/aromatic N) is 2. The topological polar surface area (TPSA) is 8.17 Å². The van der Waals surface area contributed by atoms with Crippen molar-refractivity contribution in [1.29, 1.82) is 0 Å². The van der Waals surface area contributed by atoms with Crippen LogP contribution >= 0.6 is 0 Å². The van der Waals surface area contributed by atoms with E-state index in [1.165, 1.54) is 44.1 Å². The molecule has 0 amide bonds. The normalized spacial score (nSPS) is 14.9. The van der Waals surface area contributed by atoms with Crippen LogP contribution in [0, 0.1) is 0 Å². The van der Waals surface area contributed by atoms with Gasteiger partial charge in [0.2, 0.25) is 0 Å². The number of aromatic nitrogens is 1. The van der Waals surface area contributed by atoms with Crippen molar-refractivity contribution in [1.82, 2.24) is 4.57 Å². The van der Waals surface area contributed by atoms with E-state index in [0.717, 1.165) is 28.9 Å². The molecule has 0 bridgehead atoms. The standard InChI is InChI=1S/C41H36N2/c1-29-13-10-11-24-42(34-17-12-16-31(26-34)25-30-14-6-5-7-15-30)40-28-33(20-22-35(29)40)32-21-23-39-37(27-32)36-18-8-9-19-38(36)43(39)41(2,3)4/h5-24,26-28H,1,25H2,2-4H3/b13-10-,24-11-. The molecule has 2 heteroatoms. The molecule has 6 aromatic rings. The number of para-hydroxylation sites is 1. The molecule has 0 saturated heterocycles. The average Bonchev–Trinajstić information content (AvgIpc) is 3.35. The van der Waals surface area contributed by atoms with Crippen molar-refractivity contribution in [2.75, 3.05) is 4.90 Å². The van der Waals surface area contributed by atoms with Gasteiger partial charge in [-0.05, 0) is 97.5 Å². The first-order valence-electron chi connectivity index (χ1n) is 15.0. The van der Waals surface area contributed by atoms with Gasteiger partial charge in [0.15, 0.2) is 0 Å². The molecule has 2 heterocycles. The van der Waals surface area contributed by atoms with Crippen LogP contribution in [-0.2, 0) is 12.0 Å². The zero-order valence-electron chi connectivity index (χ0n) is 25.1. The lowest BCUT2D eigenvalue weighted by Crippen LogP contribution is -2.21. The van der Waals surface area contributed by atoms with Crippen molar-refractivity contribution in [3.63, 3.8) is 0 Å². The molecule has 43 heavy (non-hydrogen) atoms. The fourth-order valence-corrected chi connectivity index (χ4v) is 6.41. The van der Waals surface area contributed by atoms with Crippen LogP contribution in [0.2, 0.25) is 0 Å². The van der Waals surface area contributed by atoms with Gasteiger partial charge in [-0.3, -0.25) is 0 Å². The van der Waals surface area contributed by atoms with Gasteiger partial charge in [0.1, 0.15) is 0 Å². The van der Waals surface area contributed by atoms with Crippen LogP contribution in [0.15, 0.2) is 146 Å². The summed E-state index contributed by atoms with van der Waals surface area (Å²) in [6.07, 6.45) is 9.31. The average molecular weight is 557 g/mol.